The molecule has 0 spiro atoms. The minimum atomic E-state index is -0.830. The van der Waals surface area contributed by atoms with Crippen molar-refractivity contribution in [3.05, 3.63) is 46.2 Å². The van der Waals surface area contributed by atoms with Gasteiger partial charge in [-0.15, -0.1) is 6.58 Å². The summed E-state index contributed by atoms with van der Waals surface area (Å²) in [7, 11) is 0. The van der Waals surface area contributed by atoms with Gasteiger partial charge in [0, 0.05) is 10.0 Å². The normalized spacial score (nSPS) is 12.6. The zero-order valence-electron chi connectivity index (χ0n) is 7.93. The standard InChI is InChI=1S/C11H12BrFO/c1-7(2)6-10(14)11-8(12)4-3-5-9(11)13/h3-5,10,14H,1,6H2,2H3. The van der Waals surface area contributed by atoms with Crippen molar-refractivity contribution in [2.24, 2.45) is 0 Å². The Labute approximate surface area is 91.4 Å². The first-order valence-corrected chi connectivity index (χ1v) is 5.08. The highest BCUT2D eigenvalue weighted by molar-refractivity contribution is 9.10. The molecule has 1 aromatic carbocycles. The highest BCUT2D eigenvalue weighted by Crippen LogP contribution is 2.29. The van der Waals surface area contributed by atoms with Gasteiger partial charge in [-0.2, -0.15) is 0 Å². The maximum absolute atomic E-state index is 13.3. The molecule has 1 atom stereocenters. The molecule has 0 heterocycles. The largest absolute Gasteiger partial charge is 0.388 e. The highest BCUT2D eigenvalue weighted by Gasteiger charge is 2.15. The molecule has 0 aromatic heterocycles. The fraction of sp³-hybridized carbons (Fsp3) is 0.273. The molecule has 0 amide bonds. The molecule has 0 saturated heterocycles. The first kappa shape index (κ1) is 11.4. The topological polar surface area (TPSA) is 20.2 Å². The first-order valence-electron chi connectivity index (χ1n) is 4.28. The summed E-state index contributed by atoms with van der Waals surface area (Å²) in [4.78, 5) is 0. The van der Waals surface area contributed by atoms with E-state index in [0.29, 0.717) is 16.5 Å². The molecule has 1 aromatic rings. The van der Waals surface area contributed by atoms with Crippen molar-refractivity contribution >= 4 is 15.9 Å². The molecule has 0 aliphatic carbocycles. The van der Waals surface area contributed by atoms with Crippen LogP contribution >= 0.6 is 15.9 Å². The number of aliphatic hydroxyl groups excluding tert-OH is 1. The third-order valence-electron chi connectivity index (χ3n) is 1.87. The van der Waals surface area contributed by atoms with Crippen LogP contribution in [-0.2, 0) is 0 Å². The lowest BCUT2D eigenvalue weighted by molar-refractivity contribution is 0.173. The fourth-order valence-corrected chi connectivity index (χ4v) is 1.87. The van der Waals surface area contributed by atoms with Crippen LogP contribution in [0.1, 0.15) is 25.0 Å². The maximum Gasteiger partial charge on any atom is 0.130 e. The lowest BCUT2D eigenvalue weighted by Crippen LogP contribution is -2.02. The molecule has 3 heteroatoms. The highest BCUT2D eigenvalue weighted by atomic mass is 79.9. The molecule has 0 aliphatic rings. The van der Waals surface area contributed by atoms with Crippen LogP contribution in [0.3, 0.4) is 0 Å². The second kappa shape index (κ2) is 4.71. The molecule has 1 nitrogen and oxygen atoms in total. The van der Waals surface area contributed by atoms with Gasteiger partial charge in [0.2, 0.25) is 0 Å². The van der Waals surface area contributed by atoms with Gasteiger partial charge in [0.15, 0.2) is 0 Å². The second-order valence-electron chi connectivity index (χ2n) is 3.31. The van der Waals surface area contributed by atoms with Crippen LogP contribution in [0.5, 0.6) is 0 Å². The molecule has 0 radical (unpaired) electrons. The van der Waals surface area contributed by atoms with Gasteiger partial charge >= 0.3 is 0 Å². The smallest absolute Gasteiger partial charge is 0.130 e. The van der Waals surface area contributed by atoms with E-state index >= 15 is 0 Å². The summed E-state index contributed by atoms with van der Waals surface area (Å²) in [5.74, 6) is -0.395. The van der Waals surface area contributed by atoms with E-state index in [1.807, 2.05) is 0 Å². The van der Waals surface area contributed by atoms with Crippen LogP contribution < -0.4 is 0 Å². The monoisotopic (exact) mass is 258 g/mol. The van der Waals surface area contributed by atoms with Crippen molar-refractivity contribution in [2.45, 2.75) is 19.4 Å². The molecular formula is C11H12BrFO. The Kier molecular flexibility index (Phi) is 3.84. The molecule has 0 aliphatic heterocycles. The van der Waals surface area contributed by atoms with E-state index in [0.717, 1.165) is 5.57 Å². The van der Waals surface area contributed by atoms with E-state index < -0.39 is 11.9 Å². The van der Waals surface area contributed by atoms with Gasteiger partial charge in [0.05, 0.1) is 6.10 Å². The van der Waals surface area contributed by atoms with Crippen molar-refractivity contribution in [1.82, 2.24) is 0 Å². The molecule has 76 valence electrons. The summed E-state index contributed by atoms with van der Waals surface area (Å²) in [6.45, 7) is 5.49. The van der Waals surface area contributed by atoms with Gasteiger partial charge < -0.3 is 5.11 Å². The van der Waals surface area contributed by atoms with Crippen molar-refractivity contribution in [3.8, 4) is 0 Å². The van der Waals surface area contributed by atoms with Gasteiger partial charge in [-0.05, 0) is 25.5 Å². The third-order valence-corrected chi connectivity index (χ3v) is 2.57. The van der Waals surface area contributed by atoms with Crippen molar-refractivity contribution in [2.75, 3.05) is 0 Å². The number of hydrogen-bond donors (Lipinski definition) is 1. The molecule has 14 heavy (non-hydrogen) atoms. The van der Waals surface area contributed by atoms with E-state index in [9.17, 15) is 9.50 Å². The SMILES string of the molecule is C=C(C)CC(O)c1c(F)cccc1Br. The summed E-state index contributed by atoms with van der Waals surface area (Å²) in [6.07, 6.45) is -0.456. The molecule has 0 fully saturated rings. The van der Waals surface area contributed by atoms with E-state index in [2.05, 4.69) is 22.5 Å². The van der Waals surface area contributed by atoms with Crippen molar-refractivity contribution in [3.63, 3.8) is 0 Å². The third kappa shape index (κ3) is 2.66. The quantitative estimate of drug-likeness (QED) is 0.822. The Bertz CT molecular complexity index is 329. The average molecular weight is 259 g/mol. The van der Waals surface area contributed by atoms with E-state index in [4.69, 9.17) is 0 Å². The predicted molar refractivity (Wildman–Crippen MR) is 58.5 cm³/mol. The van der Waals surface area contributed by atoms with Gasteiger partial charge in [-0.25, -0.2) is 4.39 Å². The molecular weight excluding hydrogens is 247 g/mol. The molecule has 1 N–H and O–H groups in total. The number of hydrogen-bond acceptors (Lipinski definition) is 1. The van der Waals surface area contributed by atoms with Gasteiger partial charge in [0.25, 0.3) is 0 Å². The second-order valence-corrected chi connectivity index (χ2v) is 4.17. The van der Waals surface area contributed by atoms with E-state index in [-0.39, 0.29) is 0 Å². The number of benzene rings is 1. The summed E-state index contributed by atoms with van der Waals surface area (Å²) < 4.78 is 13.9. The van der Waals surface area contributed by atoms with Gasteiger partial charge in [0.1, 0.15) is 5.82 Å². The first-order chi connectivity index (χ1) is 6.52. The zero-order valence-corrected chi connectivity index (χ0v) is 9.51. The lowest BCUT2D eigenvalue weighted by Gasteiger charge is -2.13. The Morgan fingerprint density at radius 3 is 2.79 bits per heavy atom. The zero-order chi connectivity index (χ0) is 10.7. The Hall–Kier alpha value is -0.670. The minimum Gasteiger partial charge on any atom is -0.388 e. The number of aliphatic hydroxyl groups is 1. The van der Waals surface area contributed by atoms with E-state index in [1.165, 1.54) is 6.07 Å². The summed E-state index contributed by atoms with van der Waals surface area (Å²) in [5.41, 5.74) is 1.13. The van der Waals surface area contributed by atoms with Crippen LogP contribution in [0.15, 0.2) is 34.8 Å². The summed E-state index contributed by atoms with van der Waals surface area (Å²) >= 11 is 3.21. The summed E-state index contributed by atoms with van der Waals surface area (Å²) in [6, 6.07) is 4.64. The minimum absolute atomic E-state index is 0.301. The predicted octanol–water partition coefficient (Wildman–Crippen LogP) is 3.59. The van der Waals surface area contributed by atoms with Gasteiger partial charge in [-0.1, -0.05) is 27.6 Å². The molecule has 1 unspecified atom stereocenters. The van der Waals surface area contributed by atoms with E-state index in [1.54, 1.807) is 19.1 Å². The van der Waals surface area contributed by atoms with Crippen LogP contribution in [0, 0.1) is 5.82 Å². The fourth-order valence-electron chi connectivity index (χ4n) is 1.26. The number of halogens is 2. The summed E-state index contributed by atoms with van der Waals surface area (Å²) in [5, 5.41) is 9.72. The van der Waals surface area contributed by atoms with Crippen LogP contribution in [0.4, 0.5) is 4.39 Å². The Balaban J connectivity index is 2.99. The molecule has 0 saturated carbocycles. The molecule has 0 bridgehead atoms. The lowest BCUT2D eigenvalue weighted by atomic mass is 10.0. The maximum atomic E-state index is 13.3. The number of rotatable bonds is 3. The van der Waals surface area contributed by atoms with Crippen LogP contribution in [-0.4, -0.2) is 5.11 Å². The molecule has 1 rings (SSSR count). The Morgan fingerprint density at radius 1 is 1.64 bits per heavy atom. The van der Waals surface area contributed by atoms with Crippen molar-refractivity contribution in [1.29, 1.82) is 0 Å². The van der Waals surface area contributed by atoms with Crippen LogP contribution in [0.2, 0.25) is 0 Å². The average Bonchev–Trinajstić information content (AvgIpc) is 2.01. The van der Waals surface area contributed by atoms with Crippen LogP contribution in [0.25, 0.3) is 0 Å². The van der Waals surface area contributed by atoms with Crippen molar-refractivity contribution < 1.29 is 9.50 Å². The van der Waals surface area contributed by atoms with Gasteiger partial charge in [-0.3, -0.25) is 0 Å². The Morgan fingerprint density at radius 2 is 2.29 bits per heavy atom.